The molecule has 0 fully saturated rings. The Balaban J connectivity index is 2.03. The molecule has 0 amide bonds. The van der Waals surface area contributed by atoms with Crippen LogP contribution in [0, 0.1) is 20.8 Å². The van der Waals surface area contributed by atoms with Gasteiger partial charge in [0.05, 0.1) is 17.4 Å². The summed E-state index contributed by atoms with van der Waals surface area (Å²) in [6.07, 6.45) is 3.82. The maximum Gasteiger partial charge on any atom is 0.159 e. The van der Waals surface area contributed by atoms with Gasteiger partial charge >= 0.3 is 0 Å². The van der Waals surface area contributed by atoms with Gasteiger partial charge in [0.25, 0.3) is 0 Å². The van der Waals surface area contributed by atoms with Crippen molar-refractivity contribution in [3.63, 3.8) is 0 Å². The van der Waals surface area contributed by atoms with Crippen LogP contribution in [0.3, 0.4) is 0 Å². The first kappa shape index (κ1) is 14.9. The quantitative estimate of drug-likeness (QED) is 0.617. The summed E-state index contributed by atoms with van der Waals surface area (Å²) in [6.45, 7) is 8.49. The van der Waals surface area contributed by atoms with Crippen LogP contribution in [-0.2, 0) is 6.42 Å². The summed E-state index contributed by atoms with van der Waals surface area (Å²) in [5.74, 6) is 0.911. The molecule has 0 atom stereocenters. The molecule has 0 bridgehead atoms. The first-order valence-corrected chi connectivity index (χ1v) is 8.38. The minimum Gasteiger partial charge on any atom is -0.278 e. The summed E-state index contributed by atoms with van der Waals surface area (Å²) in [5, 5.41) is 13.1. The van der Waals surface area contributed by atoms with Gasteiger partial charge < -0.3 is 0 Å². The van der Waals surface area contributed by atoms with Gasteiger partial charge in [0.2, 0.25) is 0 Å². The number of fused-ring (bicyclic) bond motifs is 2. The zero-order valence-electron chi connectivity index (χ0n) is 14.5. The van der Waals surface area contributed by atoms with E-state index >= 15 is 0 Å². The average molecular weight is 319 g/mol. The van der Waals surface area contributed by atoms with E-state index in [0.29, 0.717) is 0 Å². The predicted octanol–water partition coefficient (Wildman–Crippen LogP) is 4.15. The van der Waals surface area contributed by atoms with Crippen LogP contribution in [0.25, 0.3) is 27.8 Å². The van der Waals surface area contributed by atoms with Crippen LogP contribution in [0.2, 0.25) is 0 Å². The Kier molecular flexibility index (Phi) is 3.37. The minimum absolute atomic E-state index is 0.902. The molecule has 4 aromatic rings. The number of aromatic nitrogens is 5. The summed E-state index contributed by atoms with van der Waals surface area (Å²) in [6, 6.07) is 6.56. The van der Waals surface area contributed by atoms with Crippen LogP contribution in [0.5, 0.6) is 0 Å². The summed E-state index contributed by atoms with van der Waals surface area (Å²) < 4.78 is 2.01. The molecule has 0 radical (unpaired) electrons. The molecular formula is C19H21N5. The van der Waals surface area contributed by atoms with E-state index in [1.807, 2.05) is 10.7 Å². The van der Waals surface area contributed by atoms with Gasteiger partial charge in [-0.25, -0.2) is 9.50 Å². The third-order valence-electron chi connectivity index (χ3n) is 4.52. The molecule has 122 valence electrons. The van der Waals surface area contributed by atoms with Crippen molar-refractivity contribution in [3.8, 4) is 11.3 Å². The fraction of sp³-hybridized carbons (Fsp3) is 0.316. The smallest absolute Gasteiger partial charge is 0.159 e. The maximum absolute atomic E-state index is 4.78. The number of rotatable bonds is 3. The lowest BCUT2D eigenvalue weighted by molar-refractivity contribution is 0.819. The first-order chi connectivity index (χ1) is 11.6. The van der Waals surface area contributed by atoms with Crippen LogP contribution < -0.4 is 0 Å². The predicted molar refractivity (Wildman–Crippen MR) is 96.3 cm³/mol. The molecule has 24 heavy (non-hydrogen) atoms. The molecule has 0 saturated carbocycles. The van der Waals surface area contributed by atoms with Crippen molar-refractivity contribution in [1.29, 1.82) is 0 Å². The first-order valence-electron chi connectivity index (χ1n) is 8.38. The molecule has 5 heteroatoms. The van der Waals surface area contributed by atoms with Gasteiger partial charge in [0.15, 0.2) is 11.5 Å². The van der Waals surface area contributed by atoms with Crippen molar-refractivity contribution in [2.75, 3.05) is 0 Å². The van der Waals surface area contributed by atoms with E-state index < -0.39 is 0 Å². The molecule has 1 aromatic carbocycles. The van der Waals surface area contributed by atoms with E-state index in [0.717, 1.165) is 52.0 Å². The molecule has 0 unspecified atom stereocenters. The zero-order chi connectivity index (χ0) is 16.8. The van der Waals surface area contributed by atoms with Crippen LogP contribution in [0.1, 0.15) is 35.9 Å². The molecular weight excluding hydrogens is 298 g/mol. The highest BCUT2D eigenvalue weighted by atomic mass is 15.3. The van der Waals surface area contributed by atoms with Crippen LogP contribution in [0.15, 0.2) is 24.4 Å². The number of hydrogen-bond donors (Lipinski definition) is 1. The number of nitrogens with zero attached hydrogens (tertiary/aromatic N) is 4. The molecule has 3 aromatic heterocycles. The lowest BCUT2D eigenvalue weighted by atomic mass is 10.0. The van der Waals surface area contributed by atoms with Gasteiger partial charge in [-0.3, -0.25) is 5.10 Å². The highest BCUT2D eigenvalue weighted by molar-refractivity contribution is 5.87. The zero-order valence-corrected chi connectivity index (χ0v) is 14.5. The van der Waals surface area contributed by atoms with E-state index in [9.17, 15) is 0 Å². The molecule has 1 N–H and O–H groups in total. The van der Waals surface area contributed by atoms with Crippen molar-refractivity contribution in [1.82, 2.24) is 24.8 Å². The summed E-state index contributed by atoms with van der Waals surface area (Å²) in [5.41, 5.74) is 7.84. The van der Waals surface area contributed by atoms with Crippen molar-refractivity contribution in [3.05, 3.63) is 46.9 Å². The Labute approximate surface area is 140 Å². The van der Waals surface area contributed by atoms with Gasteiger partial charge in [-0.05, 0) is 56.0 Å². The number of hydrogen-bond acceptors (Lipinski definition) is 3. The van der Waals surface area contributed by atoms with Gasteiger partial charge in [-0.1, -0.05) is 13.0 Å². The second-order valence-electron chi connectivity index (χ2n) is 6.50. The normalized spacial score (nSPS) is 11.7. The summed E-state index contributed by atoms with van der Waals surface area (Å²) in [4.78, 5) is 4.74. The molecule has 0 saturated heterocycles. The Bertz CT molecular complexity index is 1050. The maximum atomic E-state index is 4.78. The second-order valence-corrected chi connectivity index (χ2v) is 6.50. The molecule has 3 heterocycles. The number of benzene rings is 1. The molecule has 0 aliphatic heterocycles. The van der Waals surface area contributed by atoms with Crippen molar-refractivity contribution >= 4 is 16.6 Å². The SMILES string of the molecule is CCCc1nc2c(C)cc(C)c(-c3cc(C)c4[nH]ncc4c3)n2n1. The number of aromatic amines is 1. The largest absolute Gasteiger partial charge is 0.278 e. The number of aryl methyl sites for hydroxylation is 4. The summed E-state index contributed by atoms with van der Waals surface area (Å²) in [7, 11) is 0. The molecule has 0 spiro atoms. The third-order valence-corrected chi connectivity index (χ3v) is 4.52. The van der Waals surface area contributed by atoms with Gasteiger partial charge in [0, 0.05) is 17.4 Å². The average Bonchev–Trinajstić information content (AvgIpc) is 3.15. The number of nitrogens with one attached hydrogen (secondary N) is 1. The second kappa shape index (κ2) is 5.44. The highest BCUT2D eigenvalue weighted by Gasteiger charge is 2.15. The molecule has 0 aliphatic rings. The van der Waals surface area contributed by atoms with Crippen molar-refractivity contribution in [2.24, 2.45) is 0 Å². The van der Waals surface area contributed by atoms with Crippen LogP contribution in [-0.4, -0.2) is 24.8 Å². The standard InChI is InChI=1S/C19H21N5/c1-5-6-16-21-19-13(4)7-12(3)18(24(19)23-16)14-8-11(2)17-15(9-14)10-20-22-17/h7-10H,5-6H2,1-4H3,(H,20,22). The van der Waals surface area contributed by atoms with Crippen LogP contribution >= 0.6 is 0 Å². The van der Waals surface area contributed by atoms with Crippen LogP contribution in [0.4, 0.5) is 0 Å². The Morgan fingerprint density at radius 1 is 1.04 bits per heavy atom. The van der Waals surface area contributed by atoms with Gasteiger partial charge in [-0.15, -0.1) is 0 Å². The van der Waals surface area contributed by atoms with Crippen molar-refractivity contribution in [2.45, 2.75) is 40.5 Å². The van der Waals surface area contributed by atoms with E-state index in [1.165, 1.54) is 11.1 Å². The van der Waals surface area contributed by atoms with Gasteiger partial charge in [0.1, 0.15) is 0 Å². The topological polar surface area (TPSA) is 58.9 Å². The van der Waals surface area contributed by atoms with Gasteiger partial charge in [-0.2, -0.15) is 10.2 Å². The molecule has 4 rings (SSSR count). The molecule has 5 nitrogen and oxygen atoms in total. The highest BCUT2D eigenvalue weighted by Crippen LogP contribution is 2.30. The monoisotopic (exact) mass is 319 g/mol. The Morgan fingerprint density at radius 3 is 2.67 bits per heavy atom. The third kappa shape index (κ3) is 2.19. The number of pyridine rings is 1. The van der Waals surface area contributed by atoms with E-state index in [4.69, 9.17) is 10.1 Å². The number of H-pyrrole nitrogens is 1. The summed E-state index contributed by atoms with van der Waals surface area (Å²) >= 11 is 0. The lowest BCUT2D eigenvalue weighted by Gasteiger charge is -2.11. The molecule has 0 aliphatic carbocycles. The van der Waals surface area contributed by atoms with Crippen molar-refractivity contribution < 1.29 is 0 Å². The Morgan fingerprint density at radius 2 is 1.88 bits per heavy atom. The van der Waals surface area contributed by atoms with E-state index in [-0.39, 0.29) is 0 Å². The Hall–Kier alpha value is -2.69. The van der Waals surface area contributed by atoms with E-state index in [2.05, 4.69) is 56.1 Å². The fourth-order valence-corrected chi connectivity index (χ4v) is 3.44. The van der Waals surface area contributed by atoms with E-state index in [1.54, 1.807) is 0 Å². The lowest BCUT2D eigenvalue weighted by Crippen LogP contribution is -2.00. The minimum atomic E-state index is 0.902. The fourth-order valence-electron chi connectivity index (χ4n) is 3.44.